The van der Waals surface area contributed by atoms with E-state index in [0.29, 0.717) is 42.4 Å². The van der Waals surface area contributed by atoms with Gasteiger partial charge in [0.05, 0.1) is 31.0 Å². The number of nitrogens with zero attached hydrogens (tertiary/aromatic N) is 6. The molecule has 108 heavy (non-hydrogen) atoms. The maximum atomic E-state index is 14.4. The fourth-order valence-electron chi connectivity index (χ4n) is 14.8. The van der Waals surface area contributed by atoms with Crippen molar-refractivity contribution in [3.63, 3.8) is 0 Å². The van der Waals surface area contributed by atoms with Crippen LogP contribution in [0.4, 0.5) is 8.78 Å². The van der Waals surface area contributed by atoms with Gasteiger partial charge < -0.3 is 45.2 Å². The number of Topliss-reactive ketones (excluding diaryl/α,β-unsaturated/α-hetero) is 2. The number of carboxylic acid groups (broad SMARTS) is 1. The molecule has 3 aliphatic rings. The number of aromatic nitrogens is 2. The van der Waals surface area contributed by atoms with Crippen LogP contribution >= 0.6 is 22.7 Å². The number of carboxylic acids is 1. The number of likely N-dealkylation sites (tertiary alicyclic amines) is 2. The summed E-state index contributed by atoms with van der Waals surface area (Å²) in [7, 11) is 5.30. The van der Waals surface area contributed by atoms with Gasteiger partial charge >= 0.3 is 11.9 Å². The molecule has 2 aromatic heterocycles. The second-order valence-electron chi connectivity index (χ2n) is 31.1. The summed E-state index contributed by atoms with van der Waals surface area (Å²) in [5, 5.41) is 42.2. The number of hydrogen-bond acceptors (Lipinski definition) is 18. The highest BCUT2D eigenvalue weighted by Crippen LogP contribution is 2.35. The Morgan fingerprint density at radius 1 is 0.574 bits per heavy atom. The number of methoxy groups -OCH3 is 1. The first-order chi connectivity index (χ1) is 51.4. The van der Waals surface area contributed by atoms with Crippen LogP contribution in [0.15, 0.2) is 59.3 Å². The fraction of sp³-hybridized carbons (Fsp3) is 0.687. The molecule has 0 spiro atoms. The minimum Gasteiger partial charge on any atom is -0.481 e. The second kappa shape index (κ2) is 47.0. The van der Waals surface area contributed by atoms with Crippen molar-refractivity contribution in [2.24, 2.45) is 47.3 Å². The molecule has 0 radical (unpaired) electrons. The second-order valence-corrected chi connectivity index (χ2v) is 32.9. The number of carbonyl (C=O) groups excluding carboxylic acids is 7. The van der Waals surface area contributed by atoms with Gasteiger partial charge in [-0.15, -0.1) is 22.7 Å². The monoisotopic (exact) mass is 1550 g/mol. The lowest BCUT2D eigenvalue weighted by molar-refractivity contribution is -0.145. The number of ketones is 2. The van der Waals surface area contributed by atoms with Crippen LogP contribution in [0.3, 0.4) is 0 Å². The number of esters is 1. The summed E-state index contributed by atoms with van der Waals surface area (Å²) in [6.07, 6.45) is 11.3. The quantitative estimate of drug-likeness (QED) is 0.0259. The highest BCUT2D eigenvalue weighted by atomic mass is 32.1. The van der Waals surface area contributed by atoms with Gasteiger partial charge in [0, 0.05) is 98.7 Å². The van der Waals surface area contributed by atoms with E-state index in [2.05, 4.69) is 37.3 Å². The Kier molecular flexibility index (Phi) is 40.1. The Bertz CT molecular complexity index is 3400. The molecular formula is C83H128F2N8O13S2. The van der Waals surface area contributed by atoms with E-state index in [0.717, 1.165) is 113 Å². The van der Waals surface area contributed by atoms with Gasteiger partial charge in [-0.1, -0.05) is 133 Å². The van der Waals surface area contributed by atoms with Crippen molar-refractivity contribution in [1.29, 1.82) is 0 Å². The number of aliphatic hydroxyl groups excluding tert-OH is 2. The summed E-state index contributed by atoms with van der Waals surface area (Å²) in [4.78, 5) is 124. The molecule has 3 aliphatic heterocycles. The minimum absolute atomic E-state index is 0.000845. The van der Waals surface area contributed by atoms with Crippen LogP contribution in [0.1, 0.15) is 253 Å². The van der Waals surface area contributed by atoms with Gasteiger partial charge in [-0.2, -0.15) is 0 Å². The first kappa shape index (κ1) is 92.1. The van der Waals surface area contributed by atoms with Gasteiger partial charge in [-0.05, 0) is 163 Å². The summed E-state index contributed by atoms with van der Waals surface area (Å²) in [6, 6.07) is 9.88. The molecule has 7 rings (SSSR count). The smallest absolute Gasteiger partial charge is 0.308 e. The van der Waals surface area contributed by atoms with Gasteiger partial charge in [-0.3, -0.25) is 48.2 Å². The molecule has 5 N–H and O–H groups in total. The van der Waals surface area contributed by atoms with Crippen molar-refractivity contribution in [1.82, 2.24) is 40.2 Å². The van der Waals surface area contributed by atoms with E-state index in [1.165, 1.54) is 55.6 Å². The van der Waals surface area contributed by atoms with Crippen molar-refractivity contribution in [2.45, 2.75) is 260 Å². The molecule has 5 heterocycles. The predicted molar refractivity (Wildman–Crippen MR) is 420 cm³/mol. The number of ether oxygens (including phenoxy) is 2. The number of hydrogen-bond donors (Lipinski definition) is 5. The topological polar surface area (TPSA) is 279 Å². The lowest BCUT2D eigenvalue weighted by atomic mass is 9.82. The summed E-state index contributed by atoms with van der Waals surface area (Å²) in [5.41, 5.74) is 1.79. The normalized spacial score (nSPS) is 18.9. The molecule has 0 aliphatic carbocycles. The number of halogens is 2. The number of benzene rings is 2. The summed E-state index contributed by atoms with van der Waals surface area (Å²) in [6.45, 7) is 28.4. The van der Waals surface area contributed by atoms with Gasteiger partial charge in [0.25, 0.3) is 11.8 Å². The van der Waals surface area contributed by atoms with Crippen LogP contribution in [0.5, 0.6) is 0 Å². The lowest BCUT2D eigenvalue weighted by Crippen LogP contribution is -2.50. The number of piperidine rings is 2. The van der Waals surface area contributed by atoms with Crippen molar-refractivity contribution in [3.8, 4) is 0 Å². The maximum absolute atomic E-state index is 14.4. The van der Waals surface area contributed by atoms with E-state index < -0.39 is 71.7 Å². The van der Waals surface area contributed by atoms with Crippen molar-refractivity contribution in [2.75, 3.05) is 60.6 Å². The largest absolute Gasteiger partial charge is 0.481 e. The molecular weight excluding hydrogens is 1420 g/mol. The number of amides is 4. The molecule has 0 saturated carbocycles. The Labute approximate surface area is 649 Å². The SMILES string of the molecule is C1CCOC1.CCCN(C(=O)[C@@H](CC(=O)C1CCCCN1C)C(C)CC)C(C[C@@H](O)c1nc(C(=O)N[C@@H](Cc2ccc(F)cc2)C[C@H](C)C(=O)O)cs1)C(C)C.CCCN(C(=O)[C@@H](CC(=O)C1CCCCN1C)C(C)CC)C(C[C@@H](O)c1nc(C(=O)N[C@@H](Cc2ccc(F)cc2)C[C@H](C)C(=O)OC)cs1)C(C)C. The number of carbonyl (C=O) groups is 8. The molecule has 4 aromatic rings. The molecule has 21 nitrogen and oxygen atoms in total. The Hall–Kier alpha value is -6.48. The Balaban J connectivity index is 0.000000363. The Morgan fingerprint density at radius 3 is 1.27 bits per heavy atom. The van der Waals surface area contributed by atoms with Crippen molar-refractivity contribution >= 4 is 69.8 Å². The molecule has 6 unspecified atom stereocenters. The number of thiazole rings is 2. The summed E-state index contributed by atoms with van der Waals surface area (Å²) >= 11 is 2.33. The standard InChI is InChI=1S/C40H61FN4O6S.C39H59FN4O6S.C4H8O/c1-9-18-45(39(49)31(26(5)10-2)22-35(46)33-13-11-12-19-44(33)7)34(25(3)4)23-36(47)38-43-32(24-52-38)37(48)42-30(20-27(6)40(50)51-8)21-28-14-16-29(41)17-15-28;1-8-17-44(38(48)30(25(5)9-2)21-34(45)32-12-10-11-18-43(32)7)33(24(3)4)22-35(46)37-42-31(23-51-37)36(47)41-29(19-26(6)39(49)50)20-27-13-15-28(40)16-14-27;1-2-4-5-3-1/h14-17,24-27,30-31,33-34,36,47H,9-13,18-23H2,1-8H3,(H,42,48);13-16,23-26,29-30,32-33,35,46H,8-12,17-22H2,1-7H3,(H,41,47)(H,49,50);1-4H2/t26?,27-,30+,31-,33?,34?,36+;25?,26-,29+,30-,32?,33?,35+;/m00./s1. The highest BCUT2D eigenvalue weighted by molar-refractivity contribution is 7.10. The number of aliphatic carboxylic acids is 1. The molecule has 604 valence electrons. The molecule has 2 aromatic carbocycles. The van der Waals surface area contributed by atoms with Crippen molar-refractivity contribution < 1.29 is 71.9 Å². The zero-order valence-electron chi connectivity index (χ0n) is 67.1. The van der Waals surface area contributed by atoms with Crippen molar-refractivity contribution in [3.05, 3.63) is 103 Å². The molecule has 4 amide bonds. The van der Waals surface area contributed by atoms with Gasteiger partial charge in [0.2, 0.25) is 11.8 Å². The zero-order valence-corrected chi connectivity index (χ0v) is 68.7. The molecule has 14 atom stereocenters. The number of nitrogens with one attached hydrogen (secondary N) is 2. The fourth-order valence-corrected chi connectivity index (χ4v) is 16.4. The van der Waals surface area contributed by atoms with E-state index >= 15 is 0 Å². The van der Waals surface area contributed by atoms with Gasteiger partial charge in [0.1, 0.15) is 45.2 Å². The van der Waals surface area contributed by atoms with E-state index in [4.69, 9.17) is 9.47 Å². The first-order valence-electron chi connectivity index (χ1n) is 39.7. The molecule has 3 saturated heterocycles. The minimum atomic E-state index is -1.04. The van der Waals surface area contributed by atoms with E-state index in [-0.39, 0.29) is 126 Å². The molecule has 25 heteroatoms. The number of aliphatic hydroxyl groups is 2. The Morgan fingerprint density at radius 2 is 0.954 bits per heavy atom. The van der Waals surface area contributed by atoms with Crippen LogP contribution in [-0.4, -0.2) is 189 Å². The predicted octanol–water partition coefficient (Wildman–Crippen LogP) is 13.9. The molecule has 3 fully saturated rings. The first-order valence-corrected chi connectivity index (χ1v) is 41.4. The lowest BCUT2D eigenvalue weighted by Gasteiger charge is -2.39. The van der Waals surface area contributed by atoms with E-state index in [1.807, 2.05) is 86.2 Å². The maximum Gasteiger partial charge on any atom is 0.308 e. The van der Waals surface area contributed by atoms with Crippen LogP contribution < -0.4 is 10.6 Å². The van der Waals surface area contributed by atoms with E-state index in [9.17, 15) is 62.5 Å². The van der Waals surface area contributed by atoms with Gasteiger partial charge in [-0.25, -0.2) is 18.7 Å². The third-order valence-electron chi connectivity index (χ3n) is 21.9. The highest BCUT2D eigenvalue weighted by Gasteiger charge is 2.41. The average molecular weight is 1550 g/mol. The van der Waals surface area contributed by atoms with Crippen LogP contribution in [0, 0.1) is 59.0 Å². The number of likely N-dealkylation sites (N-methyl/N-ethyl adjacent to an activating group) is 2. The van der Waals surface area contributed by atoms with Crippen LogP contribution in [0.25, 0.3) is 0 Å². The number of rotatable bonds is 40. The molecule has 0 bridgehead atoms. The summed E-state index contributed by atoms with van der Waals surface area (Å²) in [5.74, 6) is -4.99. The third kappa shape index (κ3) is 29.0. The van der Waals surface area contributed by atoms with Gasteiger partial charge in [0.15, 0.2) is 11.6 Å². The van der Waals surface area contributed by atoms with E-state index in [1.54, 1.807) is 48.9 Å². The summed E-state index contributed by atoms with van der Waals surface area (Å²) < 4.78 is 36.9. The third-order valence-corrected chi connectivity index (χ3v) is 23.7. The van der Waals surface area contributed by atoms with Crippen LogP contribution in [0.2, 0.25) is 0 Å². The average Bonchev–Trinajstić information content (AvgIpc) is 1.44. The zero-order chi connectivity index (χ0) is 79.9. The van der Waals surface area contributed by atoms with Crippen LogP contribution in [-0.2, 0) is 51.1 Å².